The molecule has 0 atom stereocenters. The predicted molar refractivity (Wildman–Crippen MR) is 139 cm³/mol. The molecule has 0 amide bonds. The minimum atomic E-state index is 0.469. The van der Waals surface area contributed by atoms with Gasteiger partial charge >= 0.3 is 0 Å². The molecule has 1 aromatic heterocycles. The number of rotatable bonds is 6. The fourth-order valence-corrected chi connectivity index (χ4v) is 4.94. The number of halogens is 1. The first kappa shape index (κ1) is 21.6. The van der Waals surface area contributed by atoms with Gasteiger partial charge in [0.15, 0.2) is 5.75 Å². The van der Waals surface area contributed by atoms with Crippen molar-refractivity contribution in [2.75, 3.05) is 0 Å². The fraction of sp³-hybridized carbons (Fsp3) is 0.103. The van der Waals surface area contributed by atoms with Crippen LogP contribution in [-0.2, 0) is 6.61 Å². The fourth-order valence-electron chi connectivity index (χ4n) is 3.85. The van der Waals surface area contributed by atoms with E-state index in [-0.39, 0.29) is 0 Å². The monoisotopic (exact) mass is 470 g/mol. The molecule has 0 radical (unpaired) electrons. The van der Waals surface area contributed by atoms with Gasteiger partial charge in [-0.05, 0) is 65.9 Å². The Morgan fingerprint density at radius 1 is 0.758 bits per heavy atom. The zero-order valence-corrected chi connectivity index (χ0v) is 20.0. The Hall–Kier alpha value is -3.27. The van der Waals surface area contributed by atoms with Gasteiger partial charge in [-0.3, -0.25) is 0 Å². The Kier molecular flexibility index (Phi) is 6.08. The molecule has 0 fully saturated rings. The summed E-state index contributed by atoms with van der Waals surface area (Å²) in [5, 5.41) is 2.59. The summed E-state index contributed by atoms with van der Waals surface area (Å²) in [6, 6.07) is 31.0. The quantitative estimate of drug-likeness (QED) is 0.246. The SMILES string of the molecule is Cc1cc(Oc2c(OCc3ccc(-c4ccccc4)cc3)sc3ccccc23)cc(C)c1Cl. The molecule has 2 nitrogen and oxygen atoms in total. The van der Waals surface area contributed by atoms with Crippen LogP contribution in [0, 0.1) is 13.8 Å². The first-order chi connectivity index (χ1) is 16.1. The van der Waals surface area contributed by atoms with Gasteiger partial charge in [-0.15, -0.1) is 0 Å². The van der Waals surface area contributed by atoms with Crippen LogP contribution < -0.4 is 9.47 Å². The van der Waals surface area contributed by atoms with E-state index in [0.717, 1.165) is 48.4 Å². The summed E-state index contributed by atoms with van der Waals surface area (Å²) in [6.45, 7) is 4.45. The maximum atomic E-state index is 6.37. The lowest BCUT2D eigenvalue weighted by molar-refractivity contribution is 0.302. The smallest absolute Gasteiger partial charge is 0.219 e. The molecule has 4 heteroatoms. The molecule has 0 aliphatic heterocycles. The van der Waals surface area contributed by atoms with E-state index >= 15 is 0 Å². The van der Waals surface area contributed by atoms with Crippen LogP contribution in [0.2, 0.25) is 5.02 Å². The van der Waals surface area contributed by atoms with E-state index in [9.17, 15) is 0 Å². The van der Waals surface area contributed by atoms with Gasteiger partial charge in [0.25, 0.3) is 0 Å². The van der Waals surface area contributed by atoms with E-state index in [2.05, 4.69) is 60.7 Å². The van der Waals surface area contributed by atoms with Crippen molar-refractivity contribution in [3.63, 3.8) is 0 Å². The highest BCUT2D eigenvalue weighted by Crippen LogP contribution is 2.46. The number of fused-ring (bicyclic) bond motifs is 1. The second-order valence-corrected chi connectivity index (χ2v) is 9.43. The minimum absolute atomic E-state index is 0.469. The number of ether oxygens (including phenoxy) is 2. The average Bonchev–Trinajstić information content (AvgIpc) is 3.19. The standard InChI is InChI=1S/C29H23ClO2S/c1-19-16-24(17-20(2)27(19)30)32-28-25-10-6-7-11-26(25)33-29(28)31-18-21-12-14-23(15-13-21)22-8-4-3-5-9-22/h3-17H,18H2,1-2H3. The lowest BCUT2D eigenvalue weighted by Gasteiger charge is -2.12. The Morgan fingerprint density at radius 2 is 1.39 bits per heavy atom. The van der Waals surface area contributed by atoms with Gasteiger partial charge < -0.3 is 9.47 Å². The first-order valence-corrected chi connectivity index (χ1v) is 12.0. The van der Waals surface area contributed by atoms with E-state index in [1.807, 2.05) is 44.2 Å². The van der Waals surface area contributed by atoms with E-state index < -0.39 is 0 Å². The van der Waals surface area contributed by atoms with Crippen LogP contribution in [0.5, 0.6) is 16.6 Å². The third-order valence-electron chi connectivity index (χ3n) is 5.58. The maximum Gasteiger partial charge on any atom is 0.219 e. The highest BCUT2D eigenvalue weighted by Gasteiger charge is 2.17. The van der Waals surface area contributed by atoms with Crippen molar-refractivity contribution in [1.82, 2.24) is 0 Å². The molecule has 1 heterocycles. The molecule has 0 aliphatic rings. The summed E-state index contributed by atoms with van der Waals surface area (Å²) in [7, 11) is 0. The highest BCUT2D eigenvalue weighted by molar-refractivity contribution is 7.21. The molecule has 0 unspecified atom stereocenters. The molecule has 5 rings (SSSR count). The summed E-state index contributed by atoms with van der Waals surface area (Å²) in [4.78, 5) is 0. The number of hydrogen-bond donors (Lipinski definition) is 0. The van der Waals surface area contributed by atoms with Gasteiger partial charge in [0.05, 0.1) is 0 Å². The molecule has 0 saturated heterocycles. The van der Waals surface area contributed by atoms with E-state index in [4.69, 9.17) is 21.1 Å². The first-order valence-electron chi connectivity index (χ1n) is 10.8. The Bertz CT molecular complexity index is 1380. The second kappa shape index (κ2) is 9.30. The van der Waals surface area contributed by atoms with Crippen molar-refractivity contribution in [2.45, 2.75) is 20.5 Å². The van der Waals surface area contributed by atoms with Crippen LogP contribution in [0.15, 0.2) is 91.0 Å². The molecule has 0 aliphatic carbocycles. The molecule has 0 spiro atoms. The van der Waals surface area contributed by atoms with E-state index in [0.29, 0.717) is 6.61 Å². The lowest BCUT2D eigenvalue weighted by atomic mass is 10.0. The Labute approximate surface area is 203 Å². The van der Waals surface area contributed by atoms with Crippen molar-refractivity contribution in [1.29, 1.82) is 0 Å². The van der Waals surface area contributed by atoms with Gasteiger partial charge in [0.1, 0.15) is 12.4 Å². The largest absolute Gasteiger partial charge is 0.476 e. The average molecular weight is 471 g/mol. The topological polar surface area (TPSA) is 18.5 Å². The normalized spacial score (nSPS) is 11.0. The van der Waals surface area contributed by atoms with Gasteiger partial charge in [-0.2, -0.15) is 0 Å². The summed E-state index contributed by atoms with van der Waals surface area (Å²) in [5.41, 5.74) is 5.49. The van der Waals surface area contributed by atoms with Gasteiger partial charge in [-0.1, -0.05) is 89.7 Å². The van der Waals surface area contributed by atoms with Crippen LogP contribution in [0.3, 0.4) is 0 Å². The van der Waals surface area contributed by atoms with Crippen LogP contribution in [0.25, 0.3) is 21.2 Å². The number of hydrogen-bond acceptors (Lipinski definition) is 3. The summed E-state index contributed by atoms with van der Waals surface area (Å²) >= 11 is 7.95. The zero-order chi connectivity index (χ0) is 22.8. The van der Waals surface area contributed by atoms with Crippen LogP contribution in [0.4, 0.5) is 0 Å². The molecule has 164 valence electrons. The van der Waals surface area contributed by atoms with Crippen molar-refractivity contribution in [3.8, 4) is 27.7 Å². The van der Waals surface area contributed by atoms with Gasteiger partial charge in [0, 0.05) is 15.1 Å². The third-order valence-corrected chi connectivity index (χ3v) is 7.24. The molecule has 0 bridgehead atoms. The Balaban J connectivity index is 1.40. The summed E-state index contributed by atoms with van der Waals surface area (Å²) < 4.78 is 13.8. The maximum absolute atomic E-state index is 6.37. The van der Waals surface area contributed by atoms with Crippen molar-refractivity contribution in [3.05, 3.63) is 113 Å². The third kappa shape index (κ3) is 4.61. The van der Waals surface area contributed by atoms with Crippen LogP contribution >= 0.6 is 22.9 Å². The molecule has 4 aromatic carbocycles. The number of benzene rings is 4. The number of thiophene rings is 1. The highest BCUT2D eigenvalue weighted by atomic mass is 35.5. The van der Waals surface area contributed by atoms with Crippen LogP contribution in [-0.4, -0.2) is 0 Å². The second-order valence-electron chi connectivity index (χ2n) is 8.04. The summed E-state index contributed by atoms with van der Waals surface area (Å²) in [6.07, 6.45) is 0. The molecule has 5 aromatic rings. The lowest BCUT2D eigenvalue weighted by Crippen LogP contribution is -1.96. The van der Waals surface area contributed by atoms with Crippen molar-refractivity contribution < 1.29 is 9.47 Å². The van der Waals surface area contributed by atoms with E-state index in [1.165, 1.54) is 11.1 Å². The van der Waals surface area contributed by atoms with E-state index in [1.54, 1.807) is 11.3 Å². The molecular formula is C29H23ClO2S. The number of aryl methyl sites for hydroxylation is 2. The van der Waals surface area contributed by atoms with Gasteiger partial charge in [0.2, 0.25) is 5.06 Å². The van der Waals surface area contributed by atoms with Crippen molar-refractivity contribution >= 4 is 33.0 Å². The molecule has 0 saturated carbocycles. The summed E-state index contributed by atoms with van der Waals surface area (Å²) in [5.74, 6) is 1.51. The predicted octanol–water partition coefficient (Wildman–Crippen LogP) is 9.21. The molecule has 33 heavy (non-hydrogen) atoms. The van der Waals surface area contributed by atoms with Gasteiger partial charge in [-0.25, -0.2) is 0 Å². The van der Waals surface area contributed by atoms with Crippen molar-refractivity contribution in [2.24, 2.45) is 0 Å². The minimum Gasteiger partial charge on any atom is -0.476 e. The Morgan fingerprint density at radius 3 is 2.12 bits per heavy atom. The molecule has 0 N–H and O–H groups in total. The van der Waals surface area contributed by atoms with Crippen LogP contribution in [0.1, 0.15) is 16.7 Å². The zero-order valence-electron chi connectivity index (χ0n) is 18.5. The molecular weight excluding hydrogens is 448 g/mol.